The number of fused-ring (bicyclic) bond motifs is 1. The number of hydrogen-bond acceptors (Lipinski definition) is 3. The Morgan fingerprint density at radius 3 is 2.38 bits per heavy atom. The van der Waals surface area contributed by atoms with E-state index in [1.807, 2.05) is 48.5 Å². The van der Waals surface area contributed by atoms with Gasteiger partial charge in [-0.25, -0.2) is 0 Å². The number of nitrogens with zero attached hydrogens (tertiary/aromatic N) is 1. The number of rotatable bonds is 8. The smallest absolute Gasteiger partial charge is 0.185 e. The molecule has 32 heavy (non-hydrogen) atoms. The van der Waals surface area contributed by atoms with E-state index in [0.717, 1.165) is 42.3 Å². The summed E-state index contributed by atoms with van der Waals surface area (Å²) in [5.74, 6) is 0.0495. The zero-order chi connectivity index (χ0) is 22.3. The van der Waals surface area contributed by atoms with Crippen molar-refractivity contribution in [1.29, 1.82) is 0 Å². The summed E-state index contributed by atoms with van der Waals surface area (Å²) in [7, 11) is 0. The Labute approximate surface area is 195 Å². The lowest BCUT2D eigenvalue weighted by Crippen LogP contribution is -2.16. The molecule has 0 aromatic heterocycles. The van der Waals surface area contributed by atoms with Crippen LogP contribution < -0.4 is 0 Å². The molecule has 0 N–H and O–H groups in total. The molecule has 2 nitrogen and oxygen atoms in total. The van der Waals surface area contributed by atoms with Gasteiger partial charge in [0.15, 0.2) is 5.78 Å². The molecule has 0 amide bonds. The van der Waals surface area contributed by atoms with E-state index in [1.54, 1.807) is 17.8 Å². The van der Waals surface area contributed by atoms with Gasteiger partial charge in [-0.05, 0) is 72.9 Å². The first-order valence-electron chi connectivity index (χ1n) is 11.3. The van der Waals surface area contributed by atoms with Gasteiger partial charge < -0.3 is 4.90 Å². The molecule has 3 aromatic rings. The fourth-order valence-corrected chi connectivity index (χ4v) is 5.08. The van der Waals surface area contributed by atoms with E-state index in [2.05, 4.69) is 55.3 Å². The van der Waals surface area contributed by atoms with Crippen molar-refractivity contribution in [2.75, 3.05) is 13.1 Å². The average Bonchev–Trinajstić information content (AvgIpc) is 3.22. The molecule has 162 valence electrons. The lowest BCUT2D eigenvalue weighted by atomic mass is 10.0. The van der Waals surface area contributed by atoms with Gasteiger partial charge in [-0.2, -0.15) is 0 Å². The highest BCUT2D eigenvalue weighted by Crippen LogP contribution is 2.43. The molecular weight excluding hydrogens is 410 g/mol. The fraction of sp³-hybridized carbons (Fsp3) is 0.207. The Morgan fingerprint density at radius 2 is 1.62 bits per heavy atom. The summed E-state index contributed by atoms with van der Waals surface area (Å²) in [5, 5.41) is 2.25. The SMILES string of the molecule is CCN(/C=C1\CCC(/C=C/C(=O)c2ccc3ccccc3c2)=C1Sc1ccccc1)CC. The van der Waals surface area contributed by atoms with Gasteiger partial charge in [-0.3, -0.25) is 4.79 Å². The summed E-state index contributed by atoms with van der Waals surface area (Å²) < 4.78 is 0. The third kappa shape index (κ3) is 5.23. The highest BCUT2D eigenvalue weighted by molar-refractivity contribution is 8.03. The predicted octanol–water partition coefficient (Wildman–Crippen LogP) is 7.64. The van der Waals surface area contributed by atoms with Crippen molar-refractivity contribution in [1.82, 2.24) is 4.90 Å². The number of benzene rings is 3. The summed E-state index contributed by atoms with van der Waals surface area (Å²) in [5.41, 5.74) is 3.33. The van der Waals surface area contributed by atoms with Gasteiger partial charge in [-0.15, -0.1) is 0 Å². The highest BCUT2D eigenvalue weighted by Gasteiger charge is 2.20. The van der Waals surface area contributed by atoms with Crippen molar-refractivity contribution in [3.63, 3.8) is 0 Å². The zero-order valence-electron chi connectivity index (χ0n) is 18.8. The number of carbonyl (C=O) groups is 1. The largest absolute Gasteiger partial charge is 0.378 e. The van der Waals surface area contributed by atoms with E-state index >= 15 is 0 Å². The van der Waals surface area contributed by atoms with Crippen LogP contribution in [0.4, 0.5) is 0 Å². The van der Waals surface area contributed by atoms with Crippen LogP contribution in [0.2, 0.25) is 0 Å². The first kappa shape index (κ1) is 22.2. The highest BCUT2D eigenvalue weighted by atomic mass is 32.2. The number of hydrogen-bond donors (Lipinski definition) is 0. The molecule has 0 heterocycles. The van der Waals surface area contributed by atoms with E-state index in [-0.39, 0.29) is 5.78 Å². The topological polar surface area (TPSA) is 20.3 Å². The van der Waals surface area contributed by atoms with Crippen LogP contribution in [0.3, 0.4) is 0 Å². The van der Waals surface area contributed by atoms with E-state index in [1.165, 1.54) is 20.9 Å². The number of allylic oxidation sites excluding steroid dienone is 4. The Morgan fingerprint density at radius 1 is 0.906 bits per heavy atom. The van der Waals surface area contributed by atoms with Gasteiger partial charge in [0.2, 0.25) is 0 Å². The maximum atomic E-state index is 12.9. The molecule has 3 heteroatoms. The van der Waals surface area contributed by atoms with Crippen molar-refractivity contribution in [2.45, 2.75) is 31.6 Å². The van der Waals surface area contributed by atoms with E-state index in [0.29, 0.717) is 0 Å². The van der Waals surface area contributed by atoms with Crippen molar-refractivity contribution in [3.05, 3.63) is 113 Å². The third-order valence-electron chi connectivity index (χ3n) is 5.83. The third-order valence-corrected chi connectivity index (χ3v) is 7.07. The van der Waals surface area contributed by atoms with Crippen molar-refractivity contribution in [2.24, 2.45) is 0 Å². The van der Waals surface area contributed by atoms with Gasteiger partial charge in [0.1, 0.15) is 0 Å². The van der Waals surface area contributed by atoms with Crippen LogP contribution in [0.15, 0.2) is 112 Å². The van der Waals surface area contributed by atoms with Gasteiger partial charge in [-0.1, -0.05) is 72.4 Å². The Balaban J connectivity index is 1.63. The lowest BCUT2D eigenvalue weighted by Gasteiger charge is -2.18. The van der Waals surface area contributed by atoms with Gasteiger partial charge in [0, 0.05) is 34.7 Å². The molecule has 0 unspecified atom stereocenters. The second-order valence-electron chi connectivity index (χ2n) is 7.90. The average molecular weight is 440 g/mol. The zero-order valence-corrected chi connectivity index (χ0v) is 19.6. The molecule has 1 aliphatic rings. The molecule has 0 saturated carbocycles. The lowest BCUT2D eigenvalue weighted by molar-refractivity contribution is 0.104. The summed E-state index contributed by atoms with van der Waals surface area (Å²) in [6, 6.07) is 24.6. The van der Waals surface area contributed by atoms with Crippen molar-refractivity contribution < 1.29 is 4.79 Å². The number of carbonyl (C=O) groups excluding carboxylic acids is 1. The predicted molar refractivity (Wildman–Crippen MR) is 137 cm³/mol. The van der Waals surface area contributed by atoms with E-state index in [4.69, 9.17) is 0 Å². The van der Waals surface area contributed by atoms with Gasteiger partial charge in [0.25, 0.3) is 0 Å². The Kier molecular flexibility index (Phi) is 7.28. The first-order valence-corrected chi connectivity index (χ1v) is 12.1. The van der Waals surface area contributed by atoms with Crippen LogP contribution in [0, 0.1) is 0 Å². The molecule has 0 spiro atoms. The maximum absolute atomic E-state index is 12.9. The van der Waals surface area contributed by atoms with Gasteiger partial charge >= 0.3 is 0 Å². The monoisotopic (exact) mass is 439 g/mol. The minimum atomic E-state index is 0.0495. The van der Waals surface area contributed by atoms with Crippen LogP contribution in [-0.4, -0.2) is 23.8 Å². The van der Waals surface area contributed by atoms with Crippen LogP contribution in [-0.2, 0) is 0 Å². The summed E-state index contributed by atoms with van der Waals surface area (Å²) in [6.45, 7) is 6.36. The Bertz CT molecular complexity index is 1190. The quantitative estimate of drug-likeness (QED) is 0.266. The van der Waals surface area contributed by atoms with E-state index in [9.17, 15) is 4.79 Å². The van der Waals surface area contributed by atoms with Crippen LogP contribution in [0.5, 0.6) is 0 Å². The molecule has 0 atom stereocenters. The minimum absolute atomic E-state index is 0.0495. The molecule has 4 rings (SSSR count). The normalized spacial score (nSPS) is 15.2. The van der Waals surface area contributed by atoms with E-state index < -0.39 is 0 Å². The summed E-state index contributed by atoms with van der Waals surface area (Å²) >= 11 is 1.80. The van der Waals surface area contributed by atoms with Crippen LogP contribution in [0.25, 0.3) is 10.8 Å². The fourth-order valence-electron chi connectivity index (χ4n) is 3.96. The van der Waals surface area contributed by atoms with Crippen LogP contribution >= 0.6 is 11.8 Å². The van der Waals surface area contributed by atoms with Gasteiger partial charge in [0.05, 0.1) is 0 Å². The number of ketones is 1. The second-order valence-corrected chi connectivity index (χ2v) is 8.99. The molecule has 0 saturated heterocycles. The maximum Gasteiger partial charge on any atom is 0.185 e. The molecule has 0 fully saturated rings. The van der Waals surface area contributed by atoms with Crippen molar-refractivity contribution >= 4 is 28.3 Å². The summed E-state index contributed by atoms with van der Waals surface area (Å²) in [4.78, 5) is 17.8. The van der Waals surface area contributed by atoms with Crippen molar-refractivity contribution in [3.8, 4) is 0 Å². The molecular formula is C29H29NOS. The molecule has 1 aliphatic carbocycles. The first-order chi connectivity index (χ1) is 15.7. The Hall–Kier alpha value is -3.04. The second kappa shape index (κ2) is 10.5. The molecule has 0 bridgehead atoms. The standard InChI is InChI=1S/C29H29NOS/c1-3-30(4-2)21-26-17-15-23(29(26)32-27-12-6-5-7-13-27)18-19-28(31)25-16-14-22-10-8-9-11-24(22)20-25/h5-14,16,18-21H,3-4,15,17H2,1-2H3/b19-18+,26-21+. The molecule has 3 aromatic carbocycles. The minimum Gasteiger partial charge on any atom is -0.378 e. The number of thioether (sulfide) groups is 1. The molecule has 0 radical (unpaired) electrons. The van der Waals surface area contributed by atoms with Crippen LogP contribution in [0.1, 0.15) is 37.0 Å². The molecule has 0 aliphatic heterocycles. The summed E-state index contributed by atoms with van der Waals surface area (Å²) in [6.07, 6.45) is 8.05.